The lowest BCUT2D eigenvalue weighted by Gasteiger charge is -2.33. The summed E-state index contributed by atoms with van der Waals surface area (Å²) in [5.41, 5.74) is 0. The zero-order chi connectivity index (χ0) is 31.5. The lowest BCUT2D eigenvalue weighted by Crippen LogP contribution is -3.00. The second-order valence-electron chi connectivity index (χ2n) is 14.0. The first-order valence-corrected chi connectivity index (χ1v) is 19.7. The van der Waals surface area contributed by atoms with E-state index < -0.39 is 0 Å². The Hall–Kier alpha value is -0.540. The molecule has 0 rings (SSSR count). The van der Waals surface area contributed by atoms with E-state index in [1.165, 1.54) is 205 Å². The van der Waals surface area contributed by atoms with Crippen molar-refractivity contribution in [1.82, 2.24) is 0 Å². The van der Waals surface area contributed by atoms with Crippen LogP contribution in [0.3, 0.4) is 0 Å². The smallest absolute Gasteiger partial charge is 0.330 e. The van der Waals surface area contributed by atoms with Crippen molar-refractivity contribution in [2.45, 2.75) is 206 Å². The zero-order valence-corrected chi connectivity index (χ0v) is 31.2. The molecule has 0 radical (unpaired) electrons. The number of likely N-dealkylation sites (N-methyl/N-ethyl adjacent to an activating group) is 1. The van der Waals surface area contributed by atoms with Crippen LogP contribution < -0.4 is 12.4 Å². The molecule has 0 fully saturated rings. The Bertz CT molecular complexity index is 584. The molecule has 0 aliphatic carbocycles. The molecule has 0 heterocycles. The minimum atomic E-state index is -0.307. The molecule has 0 aliphatic heterocycles. The number of rotatable bonds is 36. The molecule has 264 valence electrons. The Labute approximate surface area is 284 Å². The maximum absolute atomic E-state index is 11.2. The van der Waals surface area contributed by atoms with E-state index in [0.29, 0.717) is 6.61 Å². The Kier molecular flexibility index (Phi) is 38.3. The van der Waals surface area contributed by atoms with Crippen molar-refractivity contribution in [3.8, 4) is 0 Å². The Morgan fingerprint density at radius 3 is 1.02 bits per heavy atom. The normalized spacial score (nSPS) is 12.5. The number of nitrogens with zero attached hydrogens (tertiary/aromatic N) is 1. The van der Waals surface area contributed by atoms with Gasteiger partial charge in [-0.1, -0.05) is 193 Å². The lowest BCUT2D eigenvalue weighted by molar-refractivity contribution is -0.908. The number of ether oxygens (including phenoxy) is 1. The van der Waals surface area contributed by atoms with Crippen molar-refractivity contribution in [2.24, 2.45) is 0 Å². The van der Waals surface area contributed by atoms with E-state index in [1.807, 2.05) is 0 Å². The van der Waals surface area contributed by atoms with Crippen molar-refractivity contribution in [3.63, 3.8) is 0 Å². The van der Waals surface area contributed by atoms with Crippen molar-refractivity contribution in [2.75, 3.05) is 33.3 Å². The molecule has 1 atom stereocenters. The largest absolute Gasteiger partial charge is 1.00 e. The second kappa shape index (κ2) is 36.9. The van der Waals surface area contributed by atoms with Crippen LogP contribution in [0.25, 0.3) is 0 Å². The fourth-order valence-electron chi connectivity index (χ4n) is 6.37. The predicted molar refractivity (Wildman–Crippen MR) is 192 cm³/mol. The molecule has 0 spiro atoms. The molecule has 0 aromatic heterocycles. The highest BCUT2D eigenvalue weighted by molar-refractivity contribution is 5.81. The van der Waals surface area contributed by atoms with Crippen LogP contribution in [0.5, 0.6) is 0 Å². The Balaban J connectivity index is 0. The van der Waals surface area contributed by atoms with Gasteiger partial charge in [0.05, 0.1) is 20.1 Å². The van der Waals surface area contributed by atoms with Crippen LogP contribution in [0, 0.1) is 0 Å². The van der Waals surface area contributed by atoms with Crippen LogP contribution in [-0.4, -0.2) is 43.7 Å². The molecule has 0 bridgehead atoms. The summed E-state index contributed by atoms with van der Waals surface area (Å²) in [6.45, 7) is 11.7. The minimum Gasteiger partial charge on any atom is -1.00 e. The van der Waals surface area contributed by atoms with Gasteiger partial charge < -0.3 is 21.6 Å². The van der Waals surface area contributed by atoms with Crippen LogP contribution in [0.1, 0.15) is 206 Å². The maximum Gasteiger partial charge on any atom is 0.330 e. The van der Waals surface area contributed by atoms with Crippen molar-refractivity contribution < 1.29 is 26.4 Å². The SMILES string of the molecule is C=CC(=O)OCC[N+](C)(CC)CCCCCCCCCCCCCCCCCCCCCCCCCCCCCCCC.[Cl-]. The van der Waals surface area contributed by atoms with Crippen LogP contribution in [0.4, 0.5) is 0 Å². The zero-order valence-electron chi connectivity index (χ0n) is 30.5. The van der Waals surface area contributed by atoms with Gasteiger partial charge in [-0.25, -0.2) is 4.79 Å². The third-order valence-corrected chi connectivity index (χ3v) is 9.86. The summed E-state index contributed by atoms with van der Waals surface area (Å²) in [6, 6.07) is 0. The van der Waals surface area contributed by atoms with Gasteiger partial charge in [-0.3, -0.25) is 0 Å². The monoisotopic (exact) mass is 642 g/mol. The number of carbonyl (C=O) groups excluding carboxylic acids is 1. The quantitative estimate of drug-likeness (QED) is 0.0294. The number of carbonyl (C=O) groups is 1. The molecule has 0 saturated carbocycles. The van der Waals surface area contributed by atoms with Crippen LogP contribution in [-0.2, 0) is 9.53 Å². The molecule has 0 amide bonds. The van der Waals surface area contributed by atoms with E-state index in [9.17, 15) is 4.79 Å². The summed E-state index contributed by atoms with van der Waals surface area (Å²) >= 11 is 0. The Morgan fingerprint density at radius 2 is 0.773 bits per heavy atom. The van der Waals surface area contributed by atoms with Gasteiger partial charge in [0, 0.05) is 6.08 Å². The predicted octanol–water partition coefficient (Wildman–Crippen LogP) is 9.91. The molecule has 0 aromatic rings. The summed E-state index contributed by atoms with van der Waals surface area (Å²) in [4.78, 5) is 11.2. The van der Waals surface area contributed by atoms with Crippen molar-refractivity contribution in [1.29, 1.82) is 0 Å². The van der Waals surface area contributed by atoms with Gasteiger partial charge in [0.15, 0.2) is 0 Å². The van der Waals surface area contributed by atoms with Gasteiger partial charge in [-0.15, -0.1) is 0 Å². The van der Waals surface area contributed by atoms with E-state index in [2.05, 4.69) is 27.5 Å². The number of hydrogen-bond acceptors (Lipinski definition) is 2. The number of hydrogen-bond donors (Lipinski definition) is 0. The van der Waals surface area contributed by atoms with Crippen molar-refractivity contribution >= 4 is 5.97 Å². The van der Waals surface area contributed by atoms with Crippen LogP contribution >= 0.6 is 0 Å². The summed E-state index contributed by atoms with van der Waals surface area (Å²) in [7, 11) is 2.28. The summed E-state index contributed by atoms with van der Waals surface area (Å²) < 4.78 is 6.17. The molecule has 44 heavy (non-hydrogen) atoms. The average molecular weight is 643 g/mol. The number of quaternary nitrogens is 1. The molecule has 3 nitrogen and oxygen atoms in total. The lowest BCUT2D eigenvalue weighted by atomic mass is 10.0. The number of halogens is 1. The molecule has 4 heteroatoms. The van der Waals surface area contributed by atoms with Gasteiger partial charge in [-0.05, 0) is 19.8 Å². The first-order chi connectivity index (χ1) is 21.1. The molecular weight excluding hydrogens is 562 g/mol. The average Bonchev–Trinajstić information content (AvgIpc) is 3.01. The third kappa shape index (κ3) is 34.3. The highest BCUT2D eigenvalue weighted by Gasteiger charge is 2.18. The van der Waals surface area contributed by atoms with Gasteiger partial charge in [0.2, 0.25) is 0 Å². The van der Waals surface area contributed by atoms with Crippen LogP contribution in [0.2, 0.25) is 0 Å². The van der Waals surface area contributed by atoms with Gasteiger partial charge >= 0.3 is 5.97 Å². The third-order valence-electron chi connectivity index (χ3n) is 9.86. The number of unbranched alkanes of at least 4 members (excludes halogenated alkanes) is 29. The summed E-state index contributed by atoms with van der Waals surface area (Å²) in [5.74, 6) is -0.307. The molecule has 0 aromatic carbocycles. The molecule has 0 saturated heterocycles. The summed E-state index contributed by atoms with van der Waals surface area (Å²) in [6.07, 6.45) is 44.6. The standard InChI is InChI=1S/C40H80NO2.ClH/c1-5-8-9-10-11-12-13-14-15-16-17-18-19-20-21-22-23-24-25-26-27-28-29-30-31-32-33-34-35-36-37-41(4,7-3)38-39-43-40(42)6-2;/h6H,2,5,7-39H2,1,3-4H3;1H/q+1;/p-1. The van der Waals surface area contributed by atoms with E-state index in [1.54, 1.807) is 0 Å². The molecular formula is C40H80ClNO2. The highest BCUT2D eigenvalue weighted by atomic mass is 35.5. The number of esters is 1. The van der Waals surface area contributed by atoms with E-state index in [0.717, 1.165) is 17.6 Å². The fourth-order valence-corrected chi connectivity index (χ4v) is 6.37. The minimum absolute atomic E-state index is 0. The van der Waals surface area contributed by atoms with Gasteiger partial charge in [-0.2, -0.15) is 0 Å². The first kappa shape index (κ1) is 45.6. The van der Waals surface area contributed by atoms with Gasteiger partial charge in [0.25, 0.3) is 0 Å². The van der Waals surface area contributed by atoms with Crippen LogP contribution in [0.15, 0.2) is 12.7 Å². The highest BCUT2D eigenvalue weighted by Crippen LogP contribution is 2.17. The molecule has 0 N–H and O–H groups in total. The van der Waals surface area contributed by atoms with E-state index >= 15 is 0 Å². The summed E-state index contributed by atoms with van der Waals surface area (Å²) in [5, 5.41) is 0. The van der Waals surface area contributed by atoms with Crippen molar-refractivity contribution in [3.05, 3.63) is 12.7 Å². The molecule has 1 unspecified atom stereocenters. The Morgan fingerprint density at radius 1 is 0.500 bits per heavy atom. The van der Waals surface area contributed by atoms with Gasteiger partial charge in [0.1, 0.15) is 13.2 Å². The molecule has 0 aliphatic rings. The maximum atomic E-state index is 11.2. The topological polar surface area (TPSA) is 26.3 Å². The van der Waals surface area contributed by atoms with E-state index in [-0.39, 0.29) is 18.4 Å². The fraction of sp³-hybridized carbons (Fsp3) is 0.925. The van der Waals surface area contributed by atoms with E-state index in [4.69, 9.17) is 4.74 Å². The second-order valence-corrected chi connectivity index (χ2v) is 14.0. The first-order valence-electron chi connectivity index (χ1n) is 19.7.